The van der Waals surface area contributed by atoms with Crippen molar-refractivity contribution in [1.82, 2.24) is 0 Å². The average Bonchev–Trinajstić information content (AvgIpc) is 1.89. The van der Waals surface area contributed by atoms with E-state index in [-0.39, 0.29) is 0 Å². The molecule has 0 amide bonds. The molecule has 0 saturated heterocycles. The maximum atomic E-state index is 10.5. The van der Waals surface area contributed by atoms with E-state index in [1.165, 1.54) is 6.08 Å². The molecule has 10 heavy (non-hydrogen) atoms. The van der Waals surface area contributed by atoms with Crippen molar-refractivity contribution in [1.29, 1.82) is 0 Å². The van der Waals surface area contributed by atoms with Crippen molar-refractivity contribution < 1.29 is 9.53 Å². The minimum absolute atomic E-state index is 0.413. The van der Waals surface area contributed by atoms with Gasteiger partial charge in [0.25, 0.3) is 0 Å². The molecule has 2 heteroatoms. The number of rotatable bonds is 1. The van der Waals surface area contributed by atoms with E-state index >= 15 is 0 Å². The minimum Gasteiger partial charge on any atom is -0.369 e. The maximum absolute atomic E-state index is 10.5. The van der Waals surface area contributed by atoms with Gasteiger partial charge in [0.15, 0.2) is 0 Å². The average molecular weight is 138 g/mol. The molecule has 0 bridgehead atoms. The first kappa shape index (κ1) is 8.77. The van der Waals surface area contributed by atoms with Crippen molar-refractivity contribution in [3.8, 4) is 12.0 Å². The lowest BCUT2D eigenvalue weighted by Gasteiger charge is -1.84. The molecule has 0 aromatic heterocycles. The van der Waals surface area contributed by atoms with Gasteiger partial charge in [0.1, 0.15) is 6.11 Å². The molecule has 0 aliphatic carbocycles. The zero-order valence-corrected chi connectivity index (χ0v) is 6.18. The summed E-state index contributed by atoms with van der Waals surface area (Å²) in [4.78, 5) is 10.5. The predicted octanol–water partition coefficient (Wildman–Crippen LogP) is 1.48. The first-order valence-corrected chi connectivity index (χ1v) is 3.12. The molecule has 0 spiro atoms. The molecule has 0 unspecified atom stereocenters. The molecule has 0 atom stereocenters. The Morgan fingerprint density at radius 1 is 1.70 bits per heavy atom. The molecule has 0 heterocycles. The Balaban J connectivity index is 3.59. The van der Waals surface area contributed by atoms with E-state index in [0.29, 0.717) is 6.42 Å². The highest BCUT2D eigenvalue weighted by Crippen LogP contribution is 1.78. The van der Waals surface area contributed by atoms with Gasteiger partial charge in [-0.2, -0.15) is 0 Å². The molecule has 0 aromatic rings. The summed E-state index contributed by atoms with van der Waals surface area (Å²) in [6, 6.07) is 0. The van der Waals surface area contributed by atoms with Crippen LogP contribution in [0.1, 0.15) is 20.3 Å². The van der Waals surface area contributed by atoms with Gasteiger partial charge in [-0.05, 0) is 6.92 Å². The molecule has 0 aromatic carbocycles. The molecular formula is C8H10O2. The van der Waals surface area contributed by atoms with Gasteiger partial charge >= 0.3 is 5.97 Å². The monoisotopic (exact) mass is 138 g/mol. The zero-order chi connectivity index (χ0) is 7.82. The van der Waals surface area contributed by atoms with Crippen molar-refractivity contribution in [2.75, 3.05) is 0 Å². The van der Waals surface area contributed by atoms with Crippen molar-refractivity contribution in [3.05, 3.63) is 12.2 Å². The van der Waals surface area contributed by atoms with Crippen LogP contribution >= 0.6 is 0 Å². The summed E-state index contributed by atoms with van der Waals surface area (Å²) in [5, 5.41) is 0. The fraction of sp³-hybridized carbons (Fsp3) is 0.375. The fourth-order valence-corrected chi connectivity index (χ4v) is 0.329. The lowest BCUT2D eigenvalue weighted by Crippen LogP contribution is -1.92. The van der Waals surface area contributed by atoms with E-state index in [4.69, 9.17) is 0 Å². The molecular weight excluding hydrogens is 128 g/mol. The summed E-state index contributed by atoms with van der Waals surface area (Å²) >= 11 is 0. The largest absolute Gasteiger partial charge is 0.369 e. The van der Waals surface area contributed by atoms with Crippen molar-refractivity contribution >= 4 is 5.97 Å². The number of allylic oxidation sites excluding steroid dienone is 1. The van der Waals surface area contributed by atoms with Gasteiger partial charge in [0.2, 0.25) is 0 Å². The molecule has 0 radical (unpaired) electrons. The Morgan fingerprint density at radius 3 is 2.90 bits per heavy atom. The van der Waals surface area contributed by atoms with Crippen LogP contribution < -0.4 is 0 Å². The van der Waals surface area contributed by atoms with Crippen molar-refractivity contribution in [2.45, 2.75) is 20.3 Å². The smallest absolute Gasteiger partial charge is 0.344 e. The molecule has 0 N–H and O–H groups in total. The molecule has 0 fully saturated rings. The minimum atomic E-state index is -0.413. The van der Waals surface area contributed by atoms with Crippen molar-refractivity contribution in [2.24, 2.45) is 0 Å². The zero-order valence-electron chi connectivity index (χ0n) is 6.18. The van der Waals surface area contributed by atoms with Gasteiger partial charge in [-0.15, -0.1) is 0 Å². The highest BCUT2D eigenvalue weighted by molar-refractivity contribution is 5.82. The highest BCUT2D eigenvalue weighted by Gasteiger charge is 1.88. The molecule has 54 valence electrons. The predicted molar refractivity (Wildman–Crippen MR) is 39.0 cm³/mol. The quantitative estimate of drug-likeness (QED) is 0.311. The molecule has 0 aliphatic heterocycles. The first-order chi connectivity index (χ1) is 4.81. The third-order valence-electron chi connectivity index (χ3n) is 0.703. The van der Waals surface area contributed by atoms with Crippen LogP contribution in [-0.4, -0.2) is 5.97 Å². The normalized spacial score (nSPS) is 8.60. The Kier molecular flexibility index (Phi) is 5.17. The van der Waals surface area contributed by atoms with Gasteiger partial charge in [-0.1, -0.05) is 18.9 Å². The second-order valence-corrected chi connectivity index (χ2v) is 1.55. The van der Waals surface area contributed by atoms with E-state index in [9.17, 15) is 4.79 Å². The third-order valence-corrected chi connectivity index (χ3v) is 0.703. The molecule has 0 rings (SSSR count). The van der Waals surface area contributed by atoms with Crippen LogP contribution in [0, 0.1) is 12.0 Å². The second kappa shape index (κ2) is 5.90. The number of carbonyl (C=O) groups is 1. The Morgan fingerprint density at radius 2 is 2.40 bits per heavy atom. The topological polar surface area (TPSA) is 26.3 Å². The number of carbonyl (C=O) groups excluding carboxylic acids is 1. The number of hydrogen-bond acceptors (Lipinski definition) is 2. The molecule has 0 aliphatic rings. The summed E-state index contributed by atoms with van der Waals surface area (Å²) in [7, 11) is 0. The third kappa shape index (κ3) is 4.92. The highest BCUT2D eigenvalue weighted by atomic mass is 16.5. The fourth-order valence-electron chi connectivity index (χ4n) is 0.329. The van der Waals surface area contributed by atoms with Crippen LogP contribution in [0.2, 0.25) is 0 Å². The van der Waals surface area contributed by atoms with Gasteiger partial charge < -0.3 is 4.74 Å². The lowest BCUT2D eigenvalue weighted by molar-refractivity contribution is -0.131. The first-order valence-electron chi connectivity index (χ1n) is 3.12. The molecule has 0 saturated carbocycles. The summed E-state index contributed by atoms with van der Waals surface area (Å²) in [6.45, 7) is 3.63. The van der Waals surface area contributed by atoms with Gasteiger partial charge in [-0.3, -0.25) is 0 Å². The van der Waals surface area contributed by atoms with Crippen LogP contribution in [0.4, 0.5) is 0 Å². The summed E-state index contributed by atoms with van der Waals surface area (Å²) in [5.74, 6) is 2.20. The van der Waals surface area contributed by atoms with Gasteiger partial charge in [0.05, 0.1) is 0 Å². The van der Waals surface area contributed by atoms with Crippen LogP contribution in [0.15, 0.2) is 12.2 Å². The molecule has 2 nitrogen and oxygen atoms in total. The lowest BCUT2D eigenvalue weighted by atomic mass is 10.5. The van der Waals surface area contributed by atoms with E-state index in [1.54, 1.807) is 13.0 Å². The standard InChI is InChI=1S/C8H10O2/c1-3-5-7-10-8(9)6-4-2/h4,6H,3H2,1-2H3/b6-4+. The van der Waals surface area contributed by atoms with E-state index in [0.717, 1.165) is 0 Å². The number of esters is 1. The maximum Gasteiger partial charge on any atom is 0.344 e. The second-order valence-electron chi connectivity index (χ2n) is 1.55. The van der Waals surface area contributed by atoms with E-state index in [2.05, 4.69) is 16.8 Å². The number of ether oxygens (including phenoxy) is 1. The van der Waals surface area contributed by atoms with Crippen LogP contribution in [-0.2, 0) is 9.53 Å². The summed E-state index contributed by atoms with van der Waals surface area (Å²) < 4.78 is 4.44. The van der Waals surface area contributed by atoms with Crippen LogP contribution in [0.3, 0.4) is 0 Å². The van der Waals surface area contributed by atoms with Crippen LogP contribution in [0.5, 0.6) is 0 Å². The Hall–Kier alpha value is -1.23. The van der Waals surface area contributed by atoms with Gasteiger partial charge in [-0.25, -0.2) is 4.79 Å². The van der Waals surface area contributed by atoms with Crippen molar-refractivity contribution in [3.63, 3.8) is 0 Å². The van der Waals surface area contributed by atoms with Crippen LogP contribution in [0.25, 0.3) is 0 Å². The Labute approximate surface area is 60.9 Å². The van der Waals surface area contributed by atoms with Gasteiger partial charge in [0, 0.05) is 12.5 Å². The van der Waals surface area contributed by atoms with E-state index in [1.807, 2.05) is 6.92 Å². The number of hydrogen-bond donors (Lipinski definition) is 0. The summed E-state index contributed by atoms with van der Waals surface area (Å²) in [6.07, 6.45) is 5.90. The van der Waals surface area contributed by atoms with E-state index < -0.39 is 5.97 Å². The Bertz CT molecular complexity index is 181. The summed E-state index contributed by atoms with van der Waals surface area (Å²) in [5.41, 5.74) is 0. The SMILES string of the molecule is C/C=C/C(=O)OC#CCC.